The maximum atomic E-state index is 6.25. The van der Waals surface area contributed by atoms with Crippen LogP contribution in [0.4, 0.5) is 0 Å². The highest BCUT2D eigenvalue weighted by Gasteiger charge is 2.12. The second kappa shape index (κ2) is 5.43. The number of hydrogen-bond donors (Lipinski definition) is 1. The number of rotatable bonds is 3. The largest absolute Gasteiger partial charge is 0.323 e. The number of benzene rings is 1. The van der Waals surface area contributed by atoms with E-state index in [1.54, 1.807) is 11.3 Å². The van der Waals surface area contributed by atoms with Crippen molar-refractivity contribution in [3.8, 4) is 0 Å². The van der Waals surface area contributed by atoms with Crippen molar-refractivity contribution in [2.45, 2.75) is 33.2 Å². The van der Waals surface area contributed by atoms with Crippen LogP contribution in [0.1, 0.15) is 33.2 Å². The van der Waals surface area contributed by atoms with Crippen molar-refractivity contribution in [1.29, 1.82) is 0 Å². The van der Waals surface area contributed by atoms with Gasteiger partial charge >= 0.3 is 0 Å². The summed E-state index contributed by atoms with van der Waals surface area (Å²) < 4.78 is 0.848. The summed E-state index contributed by atoms with van der Waals surface area (Å²) in [6.07, 6.45) is 0.859. The lowest BCUT2D eigenvalue weighted by Gasteiger charge is -2.11. The van der Waals surface area contributed by atoms with Crippen LogP contribution in [0.15, 0.2) is 24.3 Å². The van der Waals surface area contributed by atoms with Gasteiger partial charge in [-0.15, -0.1) is 11.3 Å². The van der Waals surface area contributed by atoms with E-state index in [9.17, 15) is 0 Å². The van der Waals surface area contributed by atoms with E-state index in [1.807, 2.05) is 6.92 Å². The number of thiophene rings is 1. The summed E-state index contributed by atoms with van der Waals surface area (Å²) in [5, 5.41) is 0. The highest BCUT2D eigenvalue weighted by atomic mass is 35.5. The second-order valence-corrected chi connectivity index (χ2v) is 6.52. The molecule has 1 atom stereocenters. The molecule has 0 saturated carbocycles. The van der Waals surface area contributed by atoms with Crippen molar-refractivity contribution in [2.75, 3.05) is 0 Å². The van der Waals surface area contributed by atoms with Crippen LogP contribution in [0.25, 0.3) is 0 Å². The summed E-state index contributed by atoms with van der Waals surface area (Å²) in [5.74, 6) is 0. The first-order valence-corrected chi connectivity index (χ1v) is 7.24. The molecule has 1 aromatic heterocycles. The highest BCUT2D eigenvalue weighted by Crippen LogP contribution is 2.31. The summed E-state index contributed by atoms with van der Waals surface area (Å²) >= 11 is 7.67. The minimum absolute atomic E-state index is 0.0308. The van der Waals surface area contributed by atoms with Crippen LogP contribution in [0.2, 0.25) is 4.34 Å². The molecule has 0 bridgehead atoms. The lowest BCUT2D eigenvalue weighted by Crippen LogP contribution is -2.11. The van der Waals surface area contributed by atoms with Gasteiger partial charge in [0.2, 0.25) is 0 Å². The molecule has 2 rings (SSSR count). The lowest BCUT2D eigenvalue weighted by molar-refractivity contribution is 0.735. The van der Waals surface area contributed by atoms with Crippen molar-refractivity contribution >= 4 is 22.9 Å². The van der Waals surface area contributed by atoms with Crippen LogP contribution in [0.3, 0.4) is 0 Å². The average molecular weight is 280 g/mol. The zero-order chi connectivity index (χ0) is 13.3. The third kappa shape index (κ3) is 2.94. The Morgan fingerprint density at radius 3 is 2.39 bits per heavy atom. The van der Waals surface area contributed by atoms with E-state index in [1.165, 1.54) is 16.7 Å². The summed E-state index contributed by atoms with van der Waals surface area (Å²) in [5.41, 5.74) is 11.3. The molecule has 1 aromatic carbocycles. The van der Waals surface area contributed by atoms with Crippen molar-refractivity contribution < 1.29 is 0 Å². The van der Waals surface area contributed by atoms with Gasteiger partial charge in [-0.1, -0.05) is 29.8 Å². The monoisotopic (exact) mass is 279 g/mol. The molecule has 0 aliphatic carbocycles. The molecule has 1 unspecified atom stereocenters. The molecule has 0 fully saturated rings. The summed E-state index contributed by atoms with van der Waals surface area (Å²) in [4.78, 5) is 1.16. The quantitative estimate of drug-likeness (QED) is 0.875. The van der Waals surface area contributed by atoms with Crippen LogP contribution in [-0.4, -0.2) is 0 Å². The Balaban J connectivity index is 2.15. The molecular weight excluding hydrogens is 262 g/mol. The lowest BCUT2D eigenvalue weighted by atomic mass is 10.0. The van der Waals surface area contributed by atoms with Gasteiger partial charge in [-0.2, -0.15) is 0 Å². The zero-order valence-corrected chi connectivity index (χ0v) is 12.5. The Morgan fingerprint density at radius 1 is 1.11 bits per heavy atom. The molecule has 0 aliphatic heterocycles. The van der Waals surface area contributed by atoms with Gasteiger partial charge in [0, 0.05) is 10.9 Å². The van der Waals surface area contributed by atoms with E-state index in [2.05, 4.69) is 38.1 Å². The molecule has 3 heteroatoms. The van der Waals surface area contributed by atoms with Crippen LogP contribution in [0, 0.1) is 20.8 Å². The van der Waals surface area contributed by atoms with Crippen LogP contribution >= 0.6 is 22.9 Å². The molecule has 0 spiro atoms. The first kappa shape index (κ1) is 13.6. The maximum absolute atomic E-state index is 6.25. The van der Waals surface area contributed by atoms with Crippen molar-refractivity contribution in [3.63, 3.8) is 0 Å². The first-order chi connectivity index (χ1) is 8.47. The fourth-order valence-electron chi connectivity index (χ4n) is 1.95. The van der Waals surface area contributed by atoms with Crippen LogP contribution < -0.4 is 5.73 Å². The van der Waals surface area contributed by atoms with E-state index in [0.717, 1.165) is 21.2 Å². The average Bonchev–Trinajstić information content (AvgIpc) is 2.65. The molecule has 1 heterocycles. The maximum Gasteiger partial charge on any atom is 0.0960 e. The van der Waals surface area contributed by atoms with Gasteiger partial charge in [0.1, 0.15) is 0 Å². The van der Waals surface area contributed by atoms with E-state index in [0.29, 0.717) is 0 Å². The highest BCUT2D eigenvalue weighted by molar-refractivity contribution is 7.16. The Morgan fingerprint density at radius 2 is 1.83 bits per heavy atom. The fraction of sp³-hybridized carbons (Fsp3) is 0.333. The Hall–Kier alpha value is -0.830. The van der Waals surface area contributed by atoms with Gasteiger partial charge in [-0.3, -0.25) is 0 Å². The molecule has 0 radical (unpaired) electrons. The zero-order valence-electron chi connectivity index (χ0n) is 11.0. The molecule has 2 N–H and O–H groups in total. The molecule has 2 aromatic rings. The Bertz CT molecular complexity index is 540. The Labute approximate surface area is 118 Å². The van der Waals surface area contributed by atoms with E-state index < -0.39 is 0 Å². The third-order valence-electron chi connectivity index (χ3n) is 3.27. The number of aryl methyl sites for hydroxylation is 3. The number of hydrogen-bond acceptors (Lipinski definition) is 2. The minimum atomic E-state index is 0.0308. The molecular formula is C15H18ClNS. The van der Waals surface area contributed by atoms with Crippen molar-refractivity contribution in [1.82, 2.24) is 0 Å². The minimum Gasteiger partial charge on any atom is -0.323 e. The summed E-state index contributed by atoms with van der Waals surface area (Å²) in [7, 11) is 0. The number of nitrogens with two attached hydrogens (primary N) is 1. The molecule has 0 amide bonds. The van der Waals surface area contributed by atoms with E-state index >= 15 is 0 Å². The standard InChI is InChI=1S/C15H18ClNS/c1-9-4-5-12(6-10(9)2)8-13(17)14-7-11(3)15(16)18-14/h4-7,13H,8,17H2,1-3H3. The van der Waals surface area contributed by atoms with E-state index in [-0.39, 0.29) is 6.04 Å². The smallest absolute Gasteiger partial charge is 0.0960 e. The summed E-state index contributed by atoms with van der Waals surface area (Å²) in [6, 6.07) is 8.66. The Kier molecular flexibility index (Phi) is 4.10. The second-order valence-electron chi connectivity index (χ2n) is 4.83. The van der Waals surface area contributed by atoms with Crippen molar-refractivity contribution in [2.24, 2.45) is 5.73 Å². The van der Waals surface area contributed by atoms with Gasteiger partial charge < -0.3 is 5.73 Å². The third-order valence-corrected chi connectivity index (χ3v) is 4.96. The van der Waals surface area contributed by atoms with Gasteiger partial charge in [-0.05, 0) is 55.5 Å². The number of halogens is 1. The normalized spacial score (nSPS) is 12.7. The topological polar surface area (TPSA) is 26.0 Å². The molecule has 96 valence electrons. The van der Waals surface area contributed by atoms with Gasteiger partial charge in [0.25, 0.3) is 0 Å². The van der Waals surface area contributed by atoms with Crippen LogP contribution in [0.5, 0.6) is 0 Å². The summed E-state index contributed by atoms with van der Waals surface area (Å²) in [6.45, 7) is 6.28. The molecule has 0 aliphatic rings. The predicted molar refractivity (Wildman–Crippen MR) is 80.6 cm³/mol. The first-order valence-electron chi connectivity index (χ1n) is 6.05. The van der Waals surface area contributed by atoms with Gasteiger partial charge in [0.15, 0.2) is 0 Å². The van der Waals surface area contributed by atoms with E-state index in [4.69, 9.17) is 17.3 Å². The van der Waals surface area contributed by atoms with Gasteiger partial charge in [-0.25, -0.2) is 0 Å². The van der Waals surface area contributed by atoms with Crippen molar-refractivity contribution in [3.05, 3.63) is 55.7 Å². The molecule has 0 saturated heterocycles. The fourth-order valence-corrected chi connectivity index (χ4v) is 3.17. The molecule has 1 nitrogen and oxygen atoms in total. The SMILES string of the molecule is Cc1ccc(CC(N)c2cc(C)c(Cl)s2)cc1C. The van der Waals surface area contributed by atoms with Gasteiger partial charge in [0.05, 0.1) is 4.34 Å². The van der Waals surface area contributed by atoms with Crippen LogP contribution in [-0.2, 0) is 6.42 Å². The predicted octanol–water partition coefficient (Wildman–Crippen LogP) is 4.57. The molecule has 18 heavy (non-hydrogen) atoms.